The Balaban J connectivity index is 1.36. The van der Waals surface area contributed by atoms with Gasteiger partial charge in [-0.3, -0.25) is 4.79 Å². The number of aromatic nitrogens is 2. The van der Waals surface area contributed by atoms with E-state index in [4.69, 9.17) is 4.74 Å². The number of imidazole rings is 1. The highest BCUT2D eigenvalue weighted by Crippen LogP contribution is 2.27. The molecule has 0 unspecified atom stereocenters. The van der Waals surface area contributed by atoms with Crippen molar-refractivity contribution in [3.05, 3.63) is 60.4 Å². The first kappa shape index (κ1) is 16.6. The lowest BCUT2D eigenvalue weighted by molar-refractivity contribution is -0.134. The monoisotopic (exact) mass is 349 g/mol. The van der Waals surface area contributed by atoms with Crippen LogP contribution < -0.4 is 4.74 Å². The first-order valence-electron chi connectivity index (χ1n) is 9.09. The van der Waals surface area contributed by atoms with Gasteiger partial charge in [0.2, 0.25) is 0 Å². The fourth-order valence-electron chi connectivity index (χ4n) is 3.57. The molecule has 0 N–H and O–H groups in total. The van der Waals surface area contributed by atoms with E-state index in [0.29, 0.717) is 6.04 Å². The van der Waals surface area contributed by atoms with E-state index in [2.05, 4.69) is 34.7 Å². The van der Waals surface area contributed by atoms with Gasteiger partial charge in [-0.05, 0) is 49.6 Å². The third-order valence-corrected chi connectivity index (χ3v) is 5.05. The molecule has 0 bridgehead atoms. The van der Waals surface area contributed by atoms with Gasteiger partial charge in [0.25, 0.3) is 5.91 Å². The Morgan fingerprint density at radius 3 is 2.69 bits per heavy atom. The number of carbonyl (C=O) groups excluding carboxylic acids is 1. The number of hydrogen-bond acceptors (Lipinski definition) is 3. The Morgan fingerprint density at radius 2 is 1.92 bits per heavy atom. The molecule has 1 aliphatic rings. The largest absolute Gasteiger partial charge is 0.484 e. The third-order valence-electron chi connectivity index (χ3n) is 5.05. The summed E-state index contributed by atoms with van der Waals surface area (Å²) in [6.07, 6.45) is 3.82. The van der Waals surface area contributed by atoms with Gasteiger partial charge in [0.05, 0.1) is 17.4 Å². The molecule has 0 aliphatic carbocycles. The molecule has 2 aromatic carbocycles. The maximum Gasteiger partial charge on any atom is 0.260 e. The number of piperidine rings is 1. The van der Waals surface area contributed by atoms with Gasteiger partial charge in [-0.2, -0.15) is 0 Å². The van der Waals surface area contributed by atoms with Crippen LogP contribution in [0, 0.1) is 6.92 Å². The molecule has 1 fully saturated rings. The summed E-state index contributed by atoms with van der Waals surface area (Å²) in [5.41, 5.74) is 3.46. The van der Waals surface area contributed by atoms with Crippen molar-refractivity contribution in [1.82, 2.24) is 14.5 Å². The molecule has 5 nitrogen and oxygen atoms in total. The minimum atomic E-state index is 0.0543. The van der Waals surface area contributed by atoms with Gasteiger partial charge in [0.15, 0.2) is 6.61 Å². The van der Waals surface area contributed by atoms with Crippen LogP contribution in [0.5, 0.6) is 5.75 Å². The molecule has 0 saturated carbocycles. The van der Waals surface area contributed by atoms with Gasteiger partial charge in [0.1, 0.15) is 5.75 Å². The van der Waals surface area contributed by atoms with E-state index in [1.807, 2.05) is 41.6 Å². The van der Waals surface area contributed by atoms with Crippen LogP contribution in [0.2, 0.25) is 0 Å². The van der Waals surface area contributed by atoms with Crippen molar-refractivity contribution >= 4 is 16.9 Å². The molecular weight excluding hydrogens is 326 g/mol. The van der Waals surface area contributed by atoms with E-state index in [1.165, 1.54) is 11.1 Å². The Kier molecular flexibility index (Phi) is 4.61. The standard InChI is InChI=1S/C21H23N3O2/c1-16-7-8-19-20(13-16)24(15-22-19)17-9-11-23(12-10-17)21(25)14-26-18-5-3-2-4-6-18/h2-8,13,15,17H,9-12,14H2,1H3. The highest BCUT2D eigenvalue weighted by atomic mass is 16.5. The third kappa shape index (κ3) is 3.43. The summed E-state index contributed by atoms with van der Waals surface area (Å²) in [7, 11) is 0. The number of benzene rings is 2. The molecule has 1 saturated heterocycles. The Hall–Kier alpha value is -2.82. The molecule has 1 amide bonds. The molecule has 26 heavy (non-hydrogen) atoms. The van der Waals surface area contributed by atoms with E-state index >= 15 is 0 Å². The van der Waals surface area contributed by atoms with Gasteiger partial charge in [-0.15, -0.1) is 0 Å². The second kappa shape index (κ2) is 7.20. The maximum atomic E-state index is 12.4. The highest BCUT2D eigenvalue weighted by molar-refractivity contribution is 5.78. The van der Waals surface area contributed by atoms with Crippen LogP contribution in [-0.2, 0) is 4.79 Å². The predicted molar refractivity (Wildman–Crippen MR) is 101 cm³/mol. The van der Waals surface area contributed by atoms with Crippen molar-refractivity contribution in [2.24, 2.45) is 0 Å². The minimum absolute atomic E-state index is 0.0543. The number of nitrogens with zero attached hydrogens (tertiary/aromatic N) is 3. The average molecular weight is 349 g/mol. The van der Waals surface area contributed by atoms with Crippen molar-refractivity contribution < 1.29 is 9.53 Å². The molecule has 2 heterocycles. The molecule has 3 aromatic rings. The Labute approximate surface area is 153 Å². The molecular formula is C21H23N3O2. The fourth-order valence-corrected chi connectivity index (χ4v) is 3.57. The van der Waals surface area contributed by atoms with Crippen LogP contribution >= 0.6 is 0 Å². The zero-order valence-corrected chi connectivity index (χ0v) is 15.0. The zero-order valence-electron chi connectivity index (χ0n) is 15.0. The summed E-state index contributed by atoms with van der Waals surface area (Å²) in [6, 6.07) is 16.2. The summed E-state index contributed by atoms with van der Waals surface area (Å²) in [5.74, 6) is 0.787. The van der Waals surface area contributed by atoms with Crippen LogP contribution in [0.1, 0.15) is 24.4 Å². The number of carbonyl (C=O) groups is 1. The SMILES string of the molecule is Cc1ccc2ncn(C3CCN(C(=O)COc4ccccc4)CC3)c2c1. The van der Waals surface area contributed by atoms with E-state index in [0.717, 1.165) is 37.2 Å². The summed E-state index contributed by atoms with van der Waals surface area (Å²) in [4.78, 5) is 18.8. The normalized spacial score (nSPS) is 15.3. The molecule has 1 aliphatic heterocycles. The van der Waals surface area contributed by atoms with Crippen molar-refractivity contribution in [1.29, 1.82) is 0 Å². The highest BCUT2D eigenvalue weighted by Gasteiger charge is 2.25. The molecule has 134 valence electrons. The van der Waals surface area contributed by atoms with Crippen LogP contribution in [-0.4, -0.2) is 40.1 Å². The summed E-state index contributed by atoms with van der Waals surface area (Å²) >= 11 is 0. The number of likely N-dealkylation sites (tertiary alicyclic amines) is 1. The number of fused-ring (bicyclic) bond motifs is 1. The van der Waals surface area contributed by atoms with Gasteiger partial charge >= 0.3 is 0 Å². The van der Waals surface area contributed by atoms with Gasteiger partial charge in [-0.25, -0.2) is 4.98 Å². The number of ether oxygens (including phenoxy) is 1. The minimum Gasteiger partial charge on any atom is -0.484 e. The molecule has 0 spiro atoms. The predicted octanol–water partition coefficient (Wildman–Crippen LogP) is 3.59. The van der Waals surface area contributed by atoms with Gasteiger partial charge < -0.3 is 14.2 Å². The molecule has 1 aromatic heterocycles. The van der Waals surface area contributed by atoms with E-state index in [9.17, 15) is 4.79 Å². The Bertz CT molecular complexity index is 896. The molecule has 0 radical (unpaired) electrons. The van der Waals surface area contributed by atoms with Crippen LogP contribution in [0.3, 0.4) is 0 Å². The van der Waals surface area contributed by atoms with Crippen molar-refractivity contribution in [2.75, 3.05) is 19.7 Å². The van der Waals surface area contributed by atoms with Crippen molar-refractivity contribution in [3.8, 4) is 5.75 Å². The molecule has 0 atom stereocenters. The van der Waals surface area contributed by atoms with Crippen molar-refractivity contribution in [3.63, 3.8) is 0 Å². The topological polar surface area (TPSA) is 47.4 Å². The maximum absolute atomic E-state index is 12.4. The Morgan fingerprint density at radius 1 is 1.15 bits per heavy atom. The summed E-state index contributed by atoms with van der Waals surface area (Å²) < 4.78 is 7.85. The van der Waals surface area contributed by atoms with E-state index in [-0.39, 0.29) is 12.5 Å². The first-order valence-corrected chi connectivity index (χ1v) is 9.09. The second-order valence-corrected chi connectivity index (χ2v) is 6.86. The second-order valence-electron chi connectivity index (χ2n) is 6.86. The van der Waals surface area contributed by atoms with Gasteiger partial charge in [-0.1, -0.05) is 24.3 Å². The van der Waals surface area contributed by atoms with Crippen molar-refractivity contribution in [2.45, 2.75) is 25.8 Å². The number of hydrogen-bond donors (Lipinski definition) is 0. The molecule has 4 rings (SSSR count). The van der Waals surface area contributed by atoms with Crippen LogP contribution in [0.15, 0.2) is 54.9 Å². The lowest BCUT2D eigenvalue weighted by Crippen LogP contribution is -2.41. The quantitative estimate of drug-likeness (QED) is 0.723. The summed E-state index contributed by atoms with van der Waals surface area (Å²) in [5, 5.41) is 0. The smallest absolute Gasteiger partial charge is 0.260 e. The van der Waals surface area contributed by atoms with Crippen LogP contribution in [0.4, 0.5) is 0 Å². The lowest BCUT2D eigenvalue weighted by Gasteiger charge is -2.32. The fraction of sp³-hybridized carbons (Fsp3) is 0.333. The molecule has 5 heteroatoms. The lowest BCUT2D eigenvalue weighted by atomic mass is 10.0. The van der Waals surface area contributed by atoms with Gasteiger partial charge in [0, 0.05) is 19.1 Å². The number of para-hydroxylation sites is 1. The summed E-state index contributed by atoms with van der Waals surface area (Å²) in [6.45, 7) is 3.72. The number of aryl methyl sites for hydroxylation is 1. The average Bonchev–Trinajstić information content (AvgIpc) is 3.10. The number of rotatable bonds is 4. The van der Waals surface area contributed by atoms with E-state index < -0.39 is 0 Å². The van der Waals surface area contributed by atoms with Crippen LogP contribution in [0.25, 0.3) is 11.0 Å². The van der Waals surface area contributed by atoms with E-state index in [1.54, 1.807) is 0 Å². The zero-order chi connectivity index (χ0) is 17.9. The number of amides is 1. The first-order chi connectivity index (χ1) is 12.7.